The zero-order valence-corrected chi connectivity index (χ0v) is 10.1. The highest BCUT2D eigenvalue weighted by molar-refractivity contribution is 6.06. The first kappa shape index (κ1) is 11.8. The summed E-state index contributed by atoms with van der Waals surface area (Å²) in [6.07, 6.45) is 1.96. The Morgan fingerprint density at radius 3 is 2.47 bits per heavy atom. The highest BCUT2D eigenvalue weighted by Crippen LogP contribution is 2.37. The van der Waals surface area contributed by atoms with Gasteiger partial charge in [0.1, 0.15) is 0 Å². The molecular formula is C12H16N2O3. The molecule has 0 unspecified atom stereocenters. The molecule has 0 radical (unpaired) electrons. The van der Waals surface area contributed by atoms with Crippen molar-refractivity contribution in [2.24, 2.45) is 17.8 Å². The van der Waals surface area contributed by atoms with Gasteiger partial charge in [0.25, 0.3) is 0 Å². The number of nitrogens with one attached hydrogen (secondary N) is 2. The van der Waals surface area contributed by atoms with Crippen LogP contribution in [0.2, 0.25) is 0 Å². The van der Waals surface area contributed by atoms with Crippen molar-refractivity contribution in [2.45, 2.75) is 26.8 Å². The summed E-state index contributed by atoms with van der Waals surface area (Å²) in [5.74, 6) is -1.50. The van der Waals surface area contributed by atoms with Crippen LogP contribution < -0.4 is 10.6 Å². The fourth-order valence-corrected chi connectivity index (χ4v) is 2.87. The van der Waals surface area contributed by atoms with E-state index in [0.717, 1.165) is 5.57 Å². The van der Waals surface area contributed by atoms with Crippen molar-refractivity contribution in [1.29, 1.82) is 0 Å². The van der Waals surface area contributed by atoms with Crippen molar-refractivity contribution in [3.8, 4) is 0 Å². The van der Waals surface area contributed by atoms with Crippen LogP contribution in [0.4, 0.5) is 0 Å². The molecule has 5 nitrogen and oxygen atoms in total. The number of imide groups is 1. The van der Waals surface area contributed by atoms with E-state index in [9.17, 15) is 14.4 Å². The van der Waals surface area contributed by atoms with Crippen LogP contribution >= 0.6 is 0 Å². The predicted octanol–water partition coefficient (Wildman–Crippen LogP) is -0.0241. The molecule has 17 heavy (non-hydrogen) atoms. The molecule has 2 N–H and O–H groups in total. The van der Waals surface area contributed by atoms with Crippen LogP contribution in [0.25, 0.3) is 0 Å². The minimum absolute atomic E-state index is 0.0245. The number of hydrogen-bond acceptors (Lipinski definition) is 3. The zero-order chi connectivity index (χ0) is 12.7. The Balaban J connectivity index is 2.38. The highest BCUT2D eigenvalue weighted by atomic mass is 16.2. The molecule has 0 bridgehead atoms. The van der Waals surface area contributed by atoms with Crippen LogP contribution in [0.5, 0.6) is 0 Å². The monoisotopic (exact) mass is 236 g/mol. The first-order valence-corrected chi connectivity index (χ1v) is 5.72. The van der Waals surface area contributed by atoms with Gasteiger partial charge in [-0.15, -0.1) is 0 Å². The SMILES string of the molecule is CC(=O)N[C@@H]1C(C)=C[C@H](C)[C@@H]2C(=O)NC(=O)[C@@H]21. The van der Waals surface area contributed by atoms with Crippen molar-refractivity contribution in [3.05, 3.63) is 11.6 Å². The maximum Gasteiger partial charge on any atom is 0.232 e. The van der Waals surface area contributed by atoms with Crippen molar-refractivity contribution in [3.63, 3.8) is 0 Å². The molecule has 0 saturated carbocycles. The van der Waals surface area contributed by atoms with Crippen molar-refractivity contribution in [1.82, 2.24) is 10.6 Å². The fourth-order valence-electron chi connectivity index (χ4n) is 2.87. The van der Waals surface area contributed by atoms with E-state index >= 15 is 0 Å². The Labute approximate surface area is 99.6 Å². The van der Waals surface area contributed by atoms with Crippen LogP contribution in [0, 0.1) is 17.8 Å². The van der Waals surface area contributed by atoms with Gasteiger partial charge in [0.05, 0.1) is 17.9 Å². The van der Waals surface area contributed by atoms with Crippen LogP contribution in [-0.4, -0.2) is 23.8 Å². The van der Waals surface area contributed by atoms with Crippen LogP contribution in [0.1, 0.15) is 20.8 Å². The zero-order valence-electron chi connectivity index (χ0n) is 10.1. The molecule has 2 aliphatic rings. The number of allylic oxidation sites excluding steroid dienone is 1. The molecule has 3 amide bonds. The van der Waals surface area contributed by atoms with Gasteiger partial charge in [-0.2, -0.15) is 0 Å². The molecule has 5 heteroatoms. The summed E-state index contributed by atoms with van der Waals surface area (Å²) in [4.78, 5) is 34.6. The van der Waals surface area contributed by atoms with E-state index in [1.165, 1.54) is 6.92 Å². The molecular weight excluding hydrogens is 220 g/mol. The van der Waals surface area contributed by atoms with Gasteiger partial charge in [-0.05, 0) is 12.8 Å². The number of carbonyl (C=O) groups excluding carboxylic acids is 3. The molecule has 0 aromatic rings. The minimum atomic E-state index is -0.466. The predicted molar refractivity (Wildman–Crippen MR) is 60.7 cm³/mol. The van der Waals surface area contributed by atoms with Gasteiger partial charge in [-0.1, -0.05) is 18.6 Å². The summed E-state index contributed by atoms with van der Waals surface area (Å²) in [5.41, 5.74) is 0.943. The number of amides is 3. The van der Waals surface area contributed by atoms with Gasteiger partial charge in [0, 0.05) is 6.92 Å². The van der Waals surface area contributed by atoms with Gasteiger partial charge < -0.3 is 5.32 Å². The third kappa shape index (κ3) is 1.85. The molecule has 0 aromatic carbocycles. The van der Waals surface area contributed by atoms with E-state index in [1.54, 1.807) is 0 Å². The molecule has 92 valence electrons. The smallest absolute Gasteiger partial charge is 0.232 e. The molecule has 0 spiro atoms. The highest BCUT2D eigenvalue weighted by Gasteiger charge is 2.50. The van der Waals surface area contributed by atoms with Gasteiger partial charge in [0.15, 0.2) is 0 Å². The lowest BCUT2D eigenvalue weighted by Crippen LogP contribution is -2.48. The Morgan fingerprint density at radius 2 is 1.88 bits per heavy atom. The van der Waals surface area contributed by atoms with Gasteiger partial charge >= 0.3 is 0 Å². The van der Waals surface area contributed by atoms with Crippen LogP contribution in [0.3, 0.4) is 0 Å². The molecule has 1 aliphatic heterocycles. The van der Waals surface area contributed by atoms with E-state index in [0.29, 0.717) is 0 Å². The molecule has 1 heterocycles. The minimum Gasteiger partial charge on any atom is -0.349 e. The average molecular weight is 236 g/mol. The lowest BCUT2D eigenvalue weighted by molar-refractivity contribution is -0.126. The molecule has 1 fully saturated rings. The number of hydrogen-bond donors (Lipinski definition) is 2. The molecule has 1 saturated heterocycles. The van der Waals surface area contributed by atoms with E-state index in [-0.39, 0.29) is 35.6 Å². The van der Waals surface area contributed by atoms with Gasteiger partial charge in [0.2, 0.25) is 17.7 Å². The Hall–Kier alpha value is -1.65. The van der Waals surface area contributed by atoms with Crippen LogP contribution in [0.15, 0.2) is 11.6 Å². The summed E-state index contributed by atoms with van der Waals surface area (Å²) in [6, 6.07) is -0.361. The largest absolute Gasteiger partial charge is 0.349 e. The molecule has 1 aliphatic carbocycles. The lowest BCUT2D eigenvalue weighted by atomic mass is 9.72. The maximum atomic E-state index is 11.8. The average Bonchev–Trinajstić information content (AvgIpc) is 2.48. The van der Waals surface area contributed by atoms with E-state index in [4.69, 9.17) is 0 Å². The van der Waals surface area contributed by atoms with Gasteiger partial charge in [-0.3, -0.25) is 19.7 Å². The maximum absolute atomic E-state index is 11.8. The Bertz CT molecular complexity index is 427. The van der Waals surface area contributed by atoms with Crippen molar-refractivity contribution in [2.75, 3.05) is 0 Å². The second-order valence-corrected chi connectivity index (χ2v) is 4.85. The second-order valence-electron chi connectivity index (χ2n) is 4.85. The summed E-state index contributed by atoms with van der Waals surface area (Å²) in [6.45, 7) is 5.21. The Kier molecular flexibility index (Phi) is 2.77. The van der Waals surface area contributed by atoms with E-state index in [1.807, 2.05) is 19.9 Å². The third-order valence-electron chi connectivity index (χ3n) is 3.54. The normalized spacial score (nSPS) is 36.1. The van der Waals surface area contributed by atoms with E-state index in [2.05, 4.69) is 10.6 Å². The second kappa shape index (κ2) is 3.98. The number of fused-ring (bicyclic) bond motifs is 1. The molecule has 4 atom stereocenters. The lowest BCUT2D eigenvalue weighted by Gasteiger charge is -2.34. The summed E-state index contributed by atoms with van der Waals surface area (Å²) in [7, 11) is 0. The quantitative estimate of drug-likeness (QED) is 0.496. The fraction of sp³-hybridized carbons (Fsp3) is 0.583. The Morgan fingerprint density at radius 1 is 1.29 bits per heavy atom. The molecule has 0 aromatic heterocycles. The van der Waals surface area contributed by atoms with Crippen molar-refractivity contribution < 1.29 is 14.4 Å². The number of carbonyl (C=O) groups is 3. The van der Waals surface area contributed by atoms with Gasteiger partial charge in [-0.25, -0.2) is 0 Å². The molecule has 2 rings (SSSR count). The van der Waals surface area contributed by atoms with Crippen molar-refractivity contribution >= 4 is 17.7 Å². The van der Waals surface area contributed by atoms with Crippen LogP contribution in [-0.2, 0) is 14.4 Å². The first-order valence-electron chi connectivity index (χ1n) is 5.72. The number of rotatable bonds is 1. The van der Waals surface area contributed by atoms with E-state index < -0.39 is 5.92 Å². The summed E-state index contributed by atoms with van der Waals surface area (Å²) >= 11 is 0. The summed E-state index contributed by atoms with van der Waals surface area (Å²) < 4.78 is 0. The topological polar surface area (TPSA) is 75.3 Å². The summed E-state index contributed by atoms with van der Waals surface area (Å²) in [5, 5.41) is 5.10. The third-order valence-corrected chi connectivity index (χ3v) is 3.54. The standard InChI is InChI=1S/C12H16N2O3/c1-5-4-6(2)10(13-7(3)15)9-8(5)11(16)14-12(9)17/h4-5,8-10H,1-3H3,(H,13,15)(H,14,16,17)/t5-,8-,9-,10+/m0/s1. The first-order chi connectivity index (χ1) is 7.91.